The molecule has 0 bridgehead atoms. The Kier molecular flexibility index (Phi) is 13.7. The van der Waals surface area contributed by atoms with Gasteiger partial charge >= 0.3 is 0 Å². The van der Waals surface area contributed by atoms with Crippen LogP contribution in [0.25, 0.3) is 17.2 Å². The lowest BCUT2D eigenvalue weighted by Gasteiger charge is -2.20. The fourth-order valence-electron chi connectivity index (χ4n) is 5.89. The van der Waals surface area contributed by atoms with Crippen LogP contribution >= 0.6 is 0 Å². The van der Waals surface area contributed by atoms with E-state index in [-0.39, 0.29) is 0 Å². The summed E-state index contributed by atoms with van der Waals surface area (Å²) in [6.45, 7) is 10.8. The Morgan fingerprint density at radius 1 is 0.956 bits per heavy atom. The summed E-state index contributed by atoms with van der Waals surface area (Å²) in [6.07, 6.45) is 16.9. The molecule has 1 aromatic heterocycles. The molecule has 0 radical (unpaired) electrons. The average Bonchev–Trinajstić information content (AvgIpc) is 3.05. The highest BCUT2D eigenvalue weighted by molar-refractivity contribution is 5.73. The minimum absolute atomic E-state index is 0.594. The van der Waals surface area contributed by atoms with Crippen LogP contribution in [-0.4, -0.2) is 25.1 Å². The van der Waals surface area contributed by atoms with Crippen molar-refractivity contribution in [2.24, 2.45) is 0 Å². The van der Waals surface area contributed by atoms with Gasteiger partial charge in [0.1, 0.15) is 0 Å². The first-order chi connectivity index (χ1) is 22.0. The Labute approximate surface area is 272 Å². The summed E-state index contributed by atoms with van der Waals surface area (Å²) in [7, 11) is 1.97. The standard InChI is InChI=1S/C28H31N.C14H22N2/c1-22-26(18-17-24-12-8-13-24)27(25-15-6-3-7-16-25)19-20-28(22)29-21-9-14-23-10-4-2-5-11-23;1-5-12(3)14-6-7-16-10-13(14)8-11(2)9-15-4/h2-7,10-11,15-17,19-20,29H,8-9,12-14,18,21H2,1H3;6-8,10,12,15H,5,9H2,1-4H3/b;11-8+. The Morgan fingerprint density at radius 3 is 2.36 bits per heavy atom. The number of nitrogens with zero attached hydrogens (tertiary/aromatic N) is 1. The van der Waals surface area contributed by atoms with Gasteiger partial charge in [-0.1, -0.05) is 104 Å². The first-order valence-corrected chi connectivity index (χ1v) is 16.9. The van der Waals surface area contributed by atoms with E-state index in [0.29, 0.717) is 5.92 Å². The van der Waals surface area contributed by atoms with E-state index >= 15 is 0 Å². The summed E-state index contributed by atoms with van der Waals surface area (Å²) in [5, 5.41) is 6.86. The number of likely N-dealkylation sites (N-methyl/N-ethyl adjacent to an activating group) is 1. The Balaban J connectivity index is 0.000000245. The first kappa shape index (κ1) is 33.9. The number of benzene rings is 3. The number of pyridine rings is 1. The fourth-order valence-corrected chi connectivity index (χ4v) is 5.89. The number of rotatable bonds is 13. The molecular weight excluding hydrogens is 546 g/mol. The second kappa shape index (κ2) is 18.1. The number of nitrogens with one attached hydrogen (secondary N) is 2. The molecule has 1 aliphatic carbocycles. The van der Waals surface area contributed by atoms with Crippen molar-refractivity contribution in [2.75, 3.05) is 25.5 Å². The normalized spacial score (nSPS) is 13.4. The average molecular weight is 600 g/mol. The lowest BCUT2D eigenvalue weighted by molar-refractivity contribution is 0.658. The summed E-state index contributed by atoms with van der Waals surface area (Å²) in [6, 6.07) is 28.3. The predicted octanol–water partition coefficient (Wildman–Crippen LogP) is 10.6. The van der Waals surface area contributed by atoms with Gasteiger partial charge in [-0.2, -0.15) is 0 Å². The Hall–Kier alpha value is -3.95. The van der Waals surface area contributed by atoms with Gasteiger partial charge in [0.25, 0.3) is 0 Å². The molecule has 1 fully saturated rings. The lowest BCUT2D eigenvalue weighted by Crippen LogP contribution is -2.08. The van der Waals surface area contributed by atoms with Crippen LogP contribution in [0.5, 0.6) is 0 Å². The van der Waals surface area contributed by atoms with Crippen LogP contribution in [0.1, 0.15) is 86.6 Å². The third kappa shape index (κ3) is 10.3. The highest BCUT2D eigenvalue weighted by atomic mass is 14.9. The predicted molar refractivity (Wildman–Crippen MR) is 196 cm³/mol. The molecule has 4 aromatic rings. The molecule has 3 heteroatoms. The van der Waals surface area contributed by atoms with E-state index in [4.69, 9.17) is 0 Å². The van der Waals surface area contributed by atoms with Crippen LogP contribution in [0.4, 0.5) is 5.69 Å². The number of anilines is 1. The lowest BCUT2D eigenvalue weighted by atomic mass is 9.88. The van der Waals surface area contributed by atoms with Gasteiger partial charge < -0.3 is 10.6 Å². The minimum Gasteiger partial charge on any atom is -0.385 e. The maximum Gasteiger partial charge on any atom is 0.0373 e. The second-order valence-corrected chi connectivity index (χ2v) is 12.4. The van der Waals surface area contributed by atoms with Gasteiger partial charge in [-0.3, -0.25) is 4.98 Å². The number of hydrogen-bond acceptors (Lipinski definition) is 3. The smallest absolute Gasteiger partial charge is 0.0373 e. The van der Waals surface area contributed by atoms with Gasteiger partial charge in [-0.05, 0) is 123 Å². The topological polar surface area (TPSA) is 37.0 Å². The number of aromatic nitrogens is 1. The molecule has 0 saturated heterocycles. The van der Waals surface area contributed by atoms with E-state index in [2.05, 4.69) is 134 Å². The van der Waals surface area contributed by atoms with Crippen molar-refractivity contribution in [1.29, 1.82) is 0 Å². The molecule has 236 valence electrons. The van der Waals surface area contributed by atoms with Crippen LogP contribution < -0.4 is 10.6 Å². The van der Waals surface area contributed by atoms with E-state index in [1.54, 1.807) is 5.57 Å². The van der Waals surface area contributed by atoms with Crippen molar-refractivity contribution in [1.82, 2.24) is 10.3 Å². The van der Waals surface area contributed by atoms with Crippen LogP contribution in [0, 0.1) is 6.92 Å². The van der Waals surface area contributed by atoms with Gasteiger partial charge in [0.05, 0.1) is 0 Å². The summed E-state index contributed by atoms with van der Waals surface area (Å²) in [5.41, 5.74) is 13.8. The summed E-state index contributed by atoms with van der Waals surface area (Å²) < 4.78 is 0. The third-order valence-corrected chi connectivity index (χ3v) is 8.96. The highest BCUT2D eigenvalue weighted by Gasteiger charge is 2.13. The monoisotopic (exact) mass is 599 g/mol. The largest absolute Gasteiger partial charge is 0.385 e. The molecule has 0 aliphatic heterocycles. The zero-order valence-electron chi connectivity index (χ0n) is 28.2. The van der Waals surface area contributed by atoms with Gasteiger partial charge in [0, 0.05) is 31.2 Å². The molecule has 1 heterocycles. The van der Waals surface area contributed by atoms with E-state index < -0.39 is 0 Å². The molecule has 1 atom stereocenters. The highest BCUT2D eigenvalue weighted by Crippen LogP contribution is 2.33. The fraction of sp³-hybridized carbons (Fsp3) is 0.357. The zero-order chi connectivity index (χ0) is 31.9. The number of aryl methyl sites for hydroxylation is 1. The number of hydrogen-bond donors (Lipinski definition) is 2. The van der Waals surface area contributed by atoms with Crippen LogP contribution in [-0.2, 0) is 12.8 Å². The zero-order valence-corrected chi connectivity index (χ0v) is 28.2. The van der Waals surface area contributed by atoms with Crippen molar-refractivity contribution in [3.05, 3.63) is 136 Å². The minimum atomic E-state index is 0.594. The quantitative estimate of drug-likeness (QED) is 0.119. The van der Waals surface area contributed by atoms with Gasteiger partial charge in [-0.15, -0.1) is 0 Å². The molecular formula is C42H53N3. The van der Waals surface area contributed by atoms with Crippen LogP contribution in [0.3, 0.4) is 0 Å². The van der Waals surface area contributed by atoms with E-state index in [0.717, 1.165) is 38.8 Å². The third-order valence-electron chi connectivity index (χ3n) is 8.96. The Morgan fingerprint density at radius 2 is 1.69 bits per heavy atom. The molecule has 1 saturated carbocycles. The summed E-state index contributed by atoms with van der Waals surface area (Å²) in [4.78, 5) is 4.21. The van der Waals surface area contributed by atoms with Crippen molar-refractivity contribution in [2.45, 2.75) is 78.6 Å². The number of allylic oxidation sites excluding steroid dienone is 2. The SMILES string of the molecule is CCC(C)c1ccncc1/C=C(\C)CNC.Cc1c(NCCCc2ccccc2)ccc(-c2ccccc2)c1CC=C1CCC1. The van der Waals surface area contributed by atoms with Crippen LogP contribution in [0.2, 0.25) is 0 Å². The van der Waals surface area contributed by atoms with E-state index in [1.807, 2.05) is 19.4 Å². The molecule has 45 heavy (non-hydrogen) atoms. The van der Waals surface area contributed by atoms with Crippen molar-refractivity contribution in [3.63, 3.8) is 0 Å². The van der Waals surface area contributed by atoms with Crippen LogP contribution in [0.15, 0.2) is 108 Å². The maximum atomic E-state index is 4.21. The van der Waals surface area contributed by atoms with Crippen molar-refractivity contribution < 1.29 is 0 Å². The van der Waals surface area contributed by atoms with Gasteiger partial charge in [-0.25, -0.2) is 0 Å². The van der Waals surface area contributed by atoms with E-state index in [1.165, 1.54) is 69.5 Å². The molecule has 0 amide bonds. The molecule has 3 nitrogen and oxygen atoms in total. The molecule has 2 N–H and O–H groups in total. The maximum absolute atomic E-state index is 4.21. The van der Waals surface area contributed by atoms with Gasteiger partial charge in [0.15, 0.2) is 0 Å². The molecule has 0 spiro atoms. The van der Waals surface area contributed by atoms with E-state index in [9.17, 15) is 0 Å². The Bertz CT molecular complexity index is 1510. The van der Waals surface area contributed by atoms with Gasteiger partial charge in [0.2, 0.25) is 0 Å². The first-order valence-electron chi connectivity index (χ1n) is 16.9. The second-order valence-electron chi connectivity index (χ2n) is 12.4. The summed E-state index contributed by atoms with van der Waals surface area (Å²) >= 11 is 0. The molecule has 1 aliphatic rings. The molecule has 1 unspecified atom stereocenters. The molecule has 3 aromatic carbocycles. The van der Waals surface area contributed by atoms with Crippen molar-refractivity contribution >= 4 is 11.8 Å². The molecule has 5 rings (SSSR count). The van der Waals surface area contributed by atoms with Crippen molar-refractivity contribution in [3.8, 4) is 11.1 Å². The summed E-state index contributed by atoms with van der Waals surface area (Å²) in [5.74, 6) is 0.594.